The van der Waals surface area contributed by atoms with Gasteiger partial charge < -0.3 is 14.2 Å². The van der Waals surface area contributed by atoms with Crippen LogP contribution in [0, 0.1) is 0 Å². The van der Waals surface area contributed by atoms with Crippen LogP contribution in [0.2, 0.25) is 0 Å². The maximum absolute atomic E-state index is 12.3. The van der Waals surface area contributed by atoms with E-state index in [0.717, 1.165) is 31.5 Å². The molecule has 0 aromatic carbocycles. The lowest BCUT2D eigenvalue weighted by atomic mass is 10.2. The van der Waals surface area contributed by atoms with E-state index in [0.29, 0.717) is 6.04 Å². The van der Waals surface area contributed by atoms with Gasteiger partial charge in [-0.15, -0.1) is 0 Å². The van der Waals surface area contributed by atoms with Crippen LogP contribution in [0.25, 0.3) is 6.08 Å². The highest BCUT2D eigenvalue weighted by atomic mass is 16.3. The van der Waals surface area contributed by atoms with Crippen LogP contribution in [-0.2, 0) is 4.79 Å². The molecule has 20 heavy (non-hydrogen) atoms. The van der Waals surface area contributed by atoms with Crippen LogP contribution in [0.3, 0.4) is 0 Å². The molecule has 2 saturated heterocycles. The molecule has 108 valence electrons. The van der Waals surface area contributed by atoms with Crippen LogP contribution in [0.15, 0.2) is 29.1 Å². The minimum atomic E-state index is 0.132. The Morgan fingerprint density at radius 2 is 2.15 bits per heavy atom. The molecule has 4 nitrogen and oxygen atoms in total. The standard InChI is InChI=1S/C16H22N2O2/c19-16(6-5-14-7-11-20-13-14)18-10-3-4-15(18)12-17-8-1-2-9-17/h5-7,11,13,15H,1-4,8-10,12H2/t15-/m0/s1. The third-order valence-corrected chi connectivity index (χ3v) is 4.29. The zero-order valence-electron chi connectivity index (χ0n) is 11.8. The number of furan rings is 1. The first-order valence-corrected chi connectivity index (χ1v) is 7.56. The molecule has 3 heterocycles. The molecular formula is C16H22N2O2. The maximum atomic E-state index is 12.3. The van der Waals surface area contributed by atoms with E-state index in [-0.39, 0.29) is 5.91 Å². The fourth-order valence-corrected chi connectivity index (χ4v) is 3.21. The maximum Gasteiger partial charge on any atom is 0.246 e. The largest absolute Gasteiger partial charge is 0.472 e. The van der Waals surface area contributed by atoms with Gasteiger partial charge >= 0.3 is 0 Å². The number of rotatable bonds is 4. The molecular weight excluding hydrogens is 252 g/mol. The third kappa shape index (κ3) is 3.12. The number of nitrogens with zero attached hydrogens (tertiary/aromatic N) is 2. The molecule has 0 bridgehead atoms. The van der Waals surface area contributed by atoms with E-state index in [2.05, 4.69) is 4.90 Å². The fourth-order valence-electron chi connectivity index (χ4n) is 3.21. The van der Waals surface area contributed by atoms with Gasteiger partial charge in [0.15, 0.2) is 0 Å². The summed E-state index contributed by atoms with van der Waals surface area (Å²) in [7, 11) is 0. The summed E-state index contributed by atoms with van der Waals surface area (Å²) in [5.41, 5.74) is 0.939. The number of likely N-dealkylation sites (tertiary alicyclic amines) is 2. The van der Waals surface area contributed by atoms with Crippen LogP contribution in [-0.4, -0.2) is 47.9 Å². The summed E-state index contributed by atoms with van der Waals surface area (Å²) < 4.78 is 5.00. The van der Waals surface area contributed by atoms with Crippen molar-refractivity contribution in [2.45, 2.75) is 31.7 Å². The first-order chi connectivity index (χ1) is 9.83. The highest BCUT2D eigenvalue weighted by molar-refractivity contribution is 5.92. The van der Waals surface area contributed by atoms with Crippen molar-refractivity contribution in [3.63, 3.8) is 0 Å². The second-order valence-electron chi connectivity index (χ2n) is 5.73. The van der Waals surface area contributed by atoms with E-state index in [4.69, 9.17) is 4.42 Å². The molecule has 0 aliphatic carbocycles. The normalized spacial score (nSPS) is 24.0. The monoisotopic (exact) mass is 274 g/mol. The van der Waals surface area contributed by atoms with E-state index in [1.807, 2.05) is 17.0 Å². The fraction of sp³-hybridized carbons (Fsp3) is 0.562. The Kier molecular flexibility index (Phi) is 4.21. The quantitative estimate of drug-likeness (QED) is 0.791. The number of hydrogen-bond acceptors (Lipinski definition) is 3. The second-order valence-corrected chi connectivity index (χ2v) is 5.73. The number of carbonyl (C=O) groups is 1. The Labute approximate surface area is 120 Å². The predicted molar refractivity (Wildman–Crippen MR) is 78.2 cm³/mol. The molecule has 0 spiro atoms. The van der Waals surface area contributed by atoms with Gasteiger partial charge in [-0.2, -0.15) is 0 Å². The topological polar surface area (TPSA) is 36.7 Å². The molecule has 1 atom stereocenters. The number of hydrogen-bond donors (Lipinski definition) is 0. The summed E-state index contributed by atoms with van der Waals surface area (Å²) in [5, 5.41) is 0. The lowest BCUT2D eigenvalue weighted by Crippen LogP contribution is -2.41. The lowest BCUT2D eigenvalue weighted by Gasteiger charge is -2.27. The van der Waals surface area contributed by atoms with Crippen molar-refractivity contribution in [1.29, 1.82) is 0 Å². The summed E-state index contributed by atoms with van der Waals surface area (Å²) in [5.74, 6) is 0.132. The SMILES string of the molecule is O=C(C=Cc1ccoc1)N1CCC[C@H]1CN1CCCC1. The van der Waals surface area contributed by atoms with Crippen molar-refractivity contribution in [3.05, 3.63) is 30.2 Å². The molecule has 0 N–H and O–H groups in total. The van der Waals surface area contributed by atoms with Crippen LogP contribution in [0.4, 0.5) is 0 Å². The summed E-state index contributed by atoms with van der Waals surface area (Å²) in [4.78, 5) is 16.8. The minimum Gasteiger partial charge on any atom is -0.472 e. The first kappa shape index (κ1) is 13.4. The van der Waals surface area contributed by atoms with Crippen LogP contribution >= 0.6 is 0 Å². The van der Waals surface area contributed by atoms with Crippen molar-refractivity contribution in [1.82, 2.24) is 9.80 Å². The third-order valence-electron chi connectivity index (χ3n) is 4.29. The van der Waals surface area contributed by atoms with E-state index >= 15 is 0 Å². The Morgan fingerprint density at radius 1 is 1.30 bits per heavy atom. The van der Waals surface area contributed by atoms with Gasteiger partial charge in [-0.25, -0.2) is 0 Å². The van der Waals surface area contributed by atoms with Crippen LogP contribution in [0.5, 0.6) is 0 Å². The van der Waals surface area contributed by atoms with Gasteiger partial charge in [-0.05, 0) is 50.9 Å². The smallest absolute Gasteiger partial charge is 0.246 e. The Hall–Kier alpha value is -1.55. The summed E-state index contributed by atoms with van der Waals surface area (Å²) >= 11 is 0. The van der Waals surface area contributed by atoms with E-state index in [9.17, 15) is 4.79 Å². The zero-order valence-corrected chi connectivity index (χ0v) is 11.8. The Bertz CT molecular complexity index is 461. The summed E-state index contributed by atoms with van der Waals surface area (Å²) in [6, 6.07) is 2.25. The van der Waals surface area contributed by atoms with Gasteiger partial charge in [0.05, 0.1) is 12.5 Å². The molecule has 0 unspecified atom stereocenters. The van der Waals surface area contributed by atoms with Gasteiger partial charge in [-0.1, -0.05) is 0 Å². The van der Waals surface area contributed by atoms with Gasteiger partial charge in [0.25, 0.3) is 0 Å². The molecule has 2 aliphatic rings. The summed E-state index contributed by atoms with van der Waals surface area (Å²) in [6.45, 7) is 4.34. The molecule has 1 aromatic heterocycles. The van der Waals surface area contributed by atoms with E-state index in [1.54, 1.807) is 18.6 Å². The van der Waals surface area contributed by atoms with Gasteiger partial charge in [0.2, 0.25) is 5.91 Å². The molecule has 1 aromatic rings. The molecule has 0 saturated carbocycles. The van der Waals surface area contributed by atoms with Crippen LogP contribution in [0.1, 0.15) is 31.2 Å². The van der Waals surface area contributed by atoms with Crippen molar-refractivity contribution in [3.8, 4) is 0 Å². The highest BCUT2D eigenvalue weighted by Gasteiger charge is 2.29. The minimum absolute atomic E-state index is 0.132. The first-order valence-electron chi connectivity index (χ1n) is 7.56. The molecule has 1 amide bonds. The van der Waals surface area contributed by atoms with E-state index in [1.165, 1.54) is 25.9 Å². The van der Waals surface area contributed by atoms with Crippen molar-refractivity contribution >= 4 is 12.0 Å². The average Bonchev–Trinajstić information content (AvgIpc) is 3.19. The highest BCUT2D eigenvalue weighted by Crippen LogP contribution is 2.21. The Morgan fingerprint density at radius 3 is 2.90 bits per heavy atom. The zero-order chi connectivity index (χ0) is 13.8. The number of carbonyl (C=O) groups excluding carboxylic acids is 1. The van der Waals surface area contributed by atoms with Gasteiger partial charge in [-0.3, -0.25) is 4.79 Å². The second kappa shape index (κ2) is 6.27. The molecule has 2 aliphatic heterocycles. The van der Waals surface area contributed by atoms with Gasteiger partial charge in [0, 0.05) is 30.8 Å². The molecule has 2 fully saturated rings. The number of amides is 1. The van der Waals surface area contributed by atoms with Crippen molar-refractivity contribution in [2.24, 2.45) is 0 Å². The molecule has 4 heteroatoms. The summed E-state index contributed by atoms with van der Waals surface area (Å²) in [6.07, 6.45) is 11.7. The molecule has 3 rings (SSSR count). The van der Waals surface area contributed by atoms with E-state index < -0.39 is 0 Å². The Balaban J connectivity index is 1.58. The van der Waals surface area contributed by atoms with Crippen molar-refractivity contribution in [2.75, 3.05) is 26.2 Å². The lowest BCUT2D eigenvalue weighted by molar-refractivity contribution is -0.127. The van der Waals surface area contributed by atoms with Crippen LogP contribution < -0.4 is 0 Å². The van der Waals surface area contributed by atoms with Gasteiger partial charge in [0.1, 0.15) is 0 Å². The average molecular weight is 274 g/mol. The predicted octanol–water partition coefficient (Wildman–Crippen LogP) is 2.38. The molecule has 0 radical (unpaired) electrons. The van der Waals surface area contributed by atoms with Crippen molar-refractivity contribution < 1.29 is 9.21 Å².